The fraction of sp³-hybridized carbons (Fsp3) is 1.00. The molecule has 0 spiro atoms. The van der Waals surface area contributed by atoms with Crippen molar-refractivity contribution in [3.05, 3.63) is 0 Å². The molecule has 0 saturated heterocycles. The van der Waals surface area contributed by atoms with Crippen LogP contribution in [0.1, 0.15) is 81.1 Å². The topological polar surface area (TPSA) is 12.0 Å². The van der Waals surface area contributed by atoms with Gasteiger partial charge >= 0.3 is 0 Å². The standard InChI is InChI=1S/C18H39N/c1-9-17(5,6)13-18(7,8)14-19-12-10-11-16(4)15(2)3/h15-16,19H,9-14H2,1-8H3. The van der Waals surface area contributed by atoms with Gasteiger partial charge in [0.25, 0.3) is 0 Å². The third-order valence-electron chi connectivity index (χ3n) is 4.67. The Hall–Kier alpha value is -0.0400. The molecule has 1 atom stereocenters. The van der Waals surface area contributed by atoms with Crippen molar-refractivity contribution in [2.45, 2.75) is 81.1 Å². The minimum absolute atomic E-state index is 0.406. The zero-order valence-corrected chi connectivity index (χ0v) is 14.9. The van der Waals surface area contributed by atoms with Gasteiger partial charge in [0.2, 0.25) is 0 Å². The molecule has 0 aromatic rings. The third kappa shape index (κ3) is 9.49. The van der Waals surface area contributed by atoms with Gasteiger partial charge in [-0.05, 0) is 48.5 Å². The molecule has 0 aromatic carbocycles. The zero-order chi connectivity index (χ0) is 15.1. The summed E-state index contributed by atoms with van der Waals surface area (Å²) in [7, 11) is 0. The van der Waals surface area contributed by atoms with E-state index in [1.165, 1.54) is 32.2 Å². The summed E-state index contributed by atoms with van der Waals surface area (Å²) in [4.78, 5) is 0. The van der Waals surface area contributed by atoms with Gasteiger partial charge in [-0.3, -0.25) is 0 Å². The predicted molar refractivity (Wildman–Crippen MR) is 88.6 cm³/mol. The van der Waals surface area contributed by atoms with Crippen LogP contribution in [-0.2, 0) is 0 Å². The first kappa shape index (κ1) is 19.0. The van der Waals surface area contributed by atoms with Gasteiger partial charge < -0.3 is 5.32 Å². The van der Waals surface area contributed by atoms with Crippen LogP contribution in [0.3, 0.4) is 0 Å². The molecule has 0 rings (SSSR count). The van der Waals surface area contributed by atoms with Gasteiger partial charge in [-0.1, -0.05) is 61.8 Å². The lowest BCUT2D eigenvalue weighted by molar-refractivity contribution is 0.183. The van der Waals surface area contributed by atoms with E-state index in [4.69, 9.17) is 0 Å². The molecule has 1 nitrogen and oxygen atoms in total. The monoisotopic (exact) mass is 269 g/mol. The molecule has 0 aliphatic rings. The fourth-order valence-electron chi connectivity index (χ4n) is 2.79. The molecule has 19 heavy (non-hydrogen) atoms. The average Bonchev–Trinajstić information content (AvgIpc) is 2.26. The van der Waals surface area contributed by atoms with Crippen LogP contribution in [0.4, 0.5) is 0 Å². The molecule has 0 aromatic heterocycles. The van der Waals surface area contributed by atoms with Gasteiger partial charge in [0, 0.05) is 6.54 Å². The van der Waals surface area contributed by atoms with Crippen LogP contribution in [0.2, 0.25) is 0 Å². The van der Waals surface area contributed by atoms with E-state index in [0.717, 1.165) is 18.4 Å². The molecule has 0 aliphatic heterocycles. The Labute approximate surface area is 122 Å². The molecular formula is C18H39N. The first-order chi connectivity index (χ1) is 8.59. The number of nitrogens with one attached hydrogen (secondary N) is 1. The van der Waals surface area contributed by atoms with E-state index in [1.54, 1.807) is 0 Å². The molecule has 0 heterocycles. The molecule has 0 amide bonds. The van der Waals surface area contributed by atoms with Crippen LogP contribution in [0, 0.1) is 22.7 Å². The van der Waals surface area contributed by atoms with Crippen LogP contribution < -0.4 is 5.32 Å². The summed E-state index contributed by atoms with van der Waals surface area (Å²) in [5, 5.41) is 3.67. The molecule has 0 radical (unpaired) electrons. The average molecular weight is 270 g/mol. The smallest absolute Gasteiger partial charge is 0.000272 e. The minimum atomic E-state index is 0.406. The summed E-state index contributed by atoms with van der Waals surface area (Å²) in [6, 6.07) is 0. The first-order valence-corrected chi connectivity index (χ1v) is 8.30. The van der Waals surface area contributed by atoms with E-state index in [9.17, 15) is 0 Å². The van der Waals surface area contributed by atoms with Gasteiger partial charge in [-0.15, -0.1) is 0 Å². The molecular weight excluding hydrogens is 230 g/mol. The predicted octanol–water partition coefficient (Wildman–Crippen LogP) is 5.50. The van der Waals surface area contributed by atoms with E-state index in [-0.39, 0.29) is 0 Å². The maximum atomic E-state index is 3.67. The third-order valence-corrected chi connectivity index (χ3v) is 4.67. The summed E-state index contributed by atoms with van der Waals surface area (Å²) in [6.07, 6.45) is 5.23. The Bertz CT molecular complexity index is 228. The van der Waals surface area contributed by atoms with Crippen LogP contribution in [0.5, 0.6) is 0 Å². The maximum Gasteiger partial charge on any atom is 0.000272 e. The molecule has 116 valence electrons. The second kappa shape index (κ2) is 8.29. The molecule has 1 N–H and O–H groups in total. The Morgan fingerprint density at radius 2 is 1.53 bits per heavy atom. The molecule has 0 aliphatic carbocycles. The molecule has 0 bridgehead atoms. The van der Waals surface area contributed by atoms with Crippen LogP contribution >= 0.6 is 0 Å². The highest BCUT2D eigenvalue weighted by atomic mass is 14.9. The minimum Gasteiger partial charge on any atom is -0.316 e. The molecule has 1 unspecified atom stereocenters. The first-order valence-electron chi connectivity index (χ1n) is 8.30. The zero-order valence-electron chi connectivity index (χ0n) is 14.9. The van der Waals surface area contributed by atoms with Crippen molar-refractivity contribution in [1.29, 1.82) is 0 Å². The highest BCUT2D eigenvalue weighted by molar-refractivity contribution is 4.80. The lowest BCUT2D eigenvalue weighted by Gasteiger charge is -2.34. The summed E-state index contributed by atoms with van der Waals surface area (Å²) in [6.45, 7) is 21.2. The summed E-state index contributed by atoms with van der Waals surface area (Å²) < 4.78 is 0. The highest BCUT2D eigenvalue weighted by Gasteiger charge is 2.27. The van der Waals surface area contributed by atoms with Gasteiger partial charge in [-0.25, -0.2) is 0 Å². The lowest BCUT2D eigenvalue weighted by atomic mass is 9.73. The van der Waals surface area contributed by atoms with Gasteiger partial charge in [0.15, 0.2) is 0 Å². The quantitative estimate of drug-likeness (QED) is 0.516. The number of hydrogen-bond donors (Lipinski definition) is 1. The van der Waals surface area contributed by atoms with Gasteiger partial charge in [0.05, 0.1) is 0 Å². The van der Waals surface area contributed by atoms with E-state index in [1.807, 2.05) is 0 Å². The Morgan fingerprint density at radius 1 is 0.947 bits per heavy atom. The summed E-state index contributed by atoms with van der Waals surface area (Å²) in [5.74, 6) is 1.68. The summed E-state index contributed by atoms with van der Waals surface area (Å²) in [5.41, 5.74) is 0.876. The van der Waals surface area contributed by atoms with Gasteiger partial charge in [0.1, 0.15) is 0 Å². The molecule has 0 fully saturated rings. The Balaban J connectivity index is 3.81. The van der Waals surface area contributed by atoms with E-state index in [0.29, 0.717) is 10.8 Å². The number of hydrogen-bond acceptors (Lipinski definition) is 1. The largest absolute Gasteiger partial charge is 0.316 e. The normalized spacial score (nSPS) is 15.0. The van der Waals surface area contributed by atoms with Crippen molar-refractivity contribution in [3.8, 4) is 0 Å². The highest BCUT2D eigenvalue weighted by Crippen LogP contribution is 2.35. The van der Waals surface area contributed by atoms with Gasteiger partial charge in [-0.2, -0.15) is 0 Å². The second-order valence-corrected chi connectivity index (χ2v) is 8.40. The van der Waals surface area contributed by atoms with Crippen molar-refractivity contribution in [3.63, 3.8) is 0 Å². The van der Waals surface area contributed by atoms with E-state index >= 15 is 0 Å². The maximum absolute atomic E-state index is 3.67. The van der Waals surface area contributed by atoms with Crippen molar-refractivity contribution in [2.75, 3.05) is 13.1 Å². The van der Waals surface area contributed by atoms with Crippen molar-refractivity contribution in [2.24, 2.45) is 22.7 Å². The molecule has 1 heteroatoms. The lowest BCUT2D eigenvalue weighted by Crippen LogP contribution is -2.34. The van der Waals surface area contributed by atoms with E-state index in [2.05, 4.69) is 60.7 Å². The van der Waals surface area contributed by atoms with Crippen molar-refractivity contribution < 1.29 is 0 Å². The second-order valence-electron chi connectivity index (χ2n) is 8.40. The molecule has 0 saturated carbocycles. The van der Waals surface area contributed by atoms with Crippen LogP contribution in [0.15, 0.2) is 0 Å². The van der Waals surface area contributed by atoms with Crippen LogP contribution in [0.25, 0.3) is 0 Å². The fourth-order valence-corrected chi connectivity index (χ4v) is 2.79. The van der Waals surface area contributed by atoms with E-state index < -0.39 is 0 Å². The Kier molecular flexibility index (Phi) is 8.27. The number of rotatable bonds is 10. The summed E-state index contributed by atoms with van der Waals surface area (Å²) >= 11 is 0. The van der Waals surface area contributed by atoms with Crippen LogP contribution in [-0.4, -0.2) is 13.1 Å². The van der Waals surface area contributed by atoms with Crippen molar-refractivity contribution >= 4 is 0 Å². The van der Waals surface area contributed by atoms with Crippen molar-refractivity contribution in [1.82, 2.24) is 5.32 Å². The SMILES string of the molecule is CCC(C)(C)CC(C)(C)CNCCCC(C)C(C)C. The Morgan fingerprint density at radius 3 is 2.00 bits per heavy atom.